The topological polar surface area (TPSA) is 162 Å². The highest BCUT2D eigenvalue weighted by atomic mass is 35.5. The SMILES string of the molecule is COC(=O)N1CC[C@@H](O)[C@H]1C(=O)NCC1(O)C2CC1CC(S(=O)(=O)c1cc(C(=O)Nc3cc(F)c(F)c(F)c3)ccc1Cl)C2. The van der Waals surface area contributed by atoms with Gasteiger partial charge in [0.15, 0.2) is 27.3 Å². The van der Waals surface area contributed by atoms with Gasteiger partial charge in [-0.2, -0.15) is 0 Å². The Morgan fingerprint density at radius 2 is 1.73 bits per heavy atom. The number of amides is 3. The van der Waals surface area contributed by atoms with E-state index in [1.807, 2.05) is 0 Å². The Bertz CT molecular complexity index is 1590. The fourth-order valence-corrected chi connectivity index (χ4v) is 8.82. The van der Waals surface area contributed by atoms with Gasteiger partial charge in [-0.05, 0) is 55.7 Å². The van der Waals surface area contributed by atoms with Crippen molar-refractivity contribution >= 4 is 45.0 Å². The van der Waals surface area contributed by atoms with E-state index in [-0.39, 0.29) is 53.5 Å². The Kier molecular flexibility index (Phi) is 8.61. The molecule has 2 aromatic rings. The third kappa shape index (κ3) is 5.61. The molecule has 3 amide bonds. The number of methoxy groups -OCH3 is 1. The van der Waals surface area contributed by atoms with Crippen molar-refractivity contribution in [1.29, 1.82) is 0 Å². The van der Waals surface area contributed by atoms with Crippen LogP contribution in [0.1, 0.15) is 36.0 Å². The Hall–Kier alpha value is -3.40. The van der Waals surface area contributed by atoms with Gasteiger partial charge < -0.3 is 25.6 Å². The number of fused-ring (bicyclic) bond motifs is 2. The molecule has 16 heteroatoms. The maximum Gasteiger partial charge on any atom is 0.410 e. The molecular formula is C28H29ClF3N3O8S. The molecule has 4 fully saturated rings. The van der Waals surface area contributed by atoms with Gasteiger partial charge in [0.1, 0.15) is 6.04 Å². The molecule has 1 heterocycles. The largest absolute Gasteiger partial charge is 0.453 e. The van der Waals surface area contributed by atoms with Gasteiger partial charge in [0.2, 0.25) is 5.91 Å². The number of nitrogens with zero attached hydrogens (tertiary/aromatic N) is 1. The van der Waals surface area contributed by atoms with E-state index >= 15 is 0 Å². The van der Waals surface area contributed by atoms with E-state index in [2.05, 4.69) is 15.4 Å². The average molecular weight is 660 g/mol. The number of anilines is 1. The predicted octanol–water partition coefficient (Wildman–Crippen LogP) is 2.63. The first-order valence-corrected chi connectivity index (χ1v) is 15.6. The highest BCUT2D eigenvalue weighted by Gasteiger charge is 2.60. The summed E-state index contributed by atoms with van der Waals surface area (Å²) in [5.41, 5.74) is -1.98. The van der Waals surface area contributed by atoms with Crippen molar-refractivity contribution in [3.05, 3.63) is 58.4 Å². The van der Waals surface area contributed by atoms with Crippen molar-refractivity contribution in [3.8, 4) is 0 Å². The van der Waals surface area contributed by atoms with Crippen LogP contribution in [0.15, 0.2) is 35.2 Å². The van der Waals surface area contributed by atoms with Crippen molar-refractivity contribution in [3.63, 3.8) is 0 Å². The standard InChI is InChI=1S/C28H29ClF3N3O8S/c1-43-27(39)35-5-4-21(36)24(35)26(38)33-12-28(40)14-7-15(28)9-17(8-14)44(41,42)22-6-13(2-3-18(22)29)25(37)34-16-10-19(30)23(32)20(31)11-16/h2-3,6,10-11,14-15,17,21,24,36,40H,4-5,7-9,12H2,1H3,(H,33,38)(H,34,37)/t14?,15?,17?,21-,24+,28?/m1/s1. The molecule has 4 atom stereocenters. The lowest BCUT2D eigenvalue weighted by Gasteiger charge is -2.58. The quantitative estimate of drug-likeness (QED) is 0.330. The van der Waals surface area contributed by atoms with E-state index in [0.717, 1.165) is 18.1 Å². The summed E-state index contributed by atoms with van der Waals surface area (Å²) in [6, 6.07) is 3.41. The summed E-state index contributed by atoms with van der Waals surface area (Å²) in [4.78, 5) is 38.4. The zero-order valence-corrected chi connectivity index (χ0v) is 24.8. The number of hydrogen-bond acceptors (Lipinski definition) is 8. The maximum atomic E-state index is 13.7. The van der Waals surface area contributed by atoms with Gasteiger partial charge in [-0.25, -0.2) is 26.4 Å². The molecule has 2 unspecified atom stereocenters. The molecule has 1 aliphatic heterocycles. The summed E-state index contributed by atoms with van der Waals surface area (Å²) in [6.45, 7) is -0.0943. The predicted molar refractivity (Wildman–Crippen MR) is 149 cm³/mol. The Balaban J connectivity index is 1.26. The van der Waals surface area contributed by atoms with Crippen LogP contribution in [0.4, 0.5) is 23.7 Å². The van der Waals surface area contributed by atoms with Gasteiger partial charge in [-0.1, -0.05) is 11.6 Å². The van der Waals surface area contributed by atoms with Crippen LogP contribution in [0, 0.1) is 29.3 Å². The second-order valence-corrected chi connectivity index (χ2v) is 13.9. The van der Waals surface area contributed by atoms with Crippen LogP contribution in [0.5, 0.6) is 0 Å². The number of ether oxygens (including phenoxy) is 1. The molecule has 6 rings (SSSR count). The number of carbonyl (C=O) groups is 3. The number of rotatable bonds is 7. The van der Waals surface area contributed by atoms with Crippen LogP contribution in [-0.4, -0.2) is 84.6 Å². The van der Waals surface area contributed by atoms with Gasteiger partial charge in [-0.3, -0.25) is 14.5 Å². The number of nitrogens with one attached hydrogen (secondary N) is 2. The van der Waals surface area contributed by atoms with Gasteiger partial charge >= 0.3 is 6.09 Å². The number of hydrogen-bond donors (Lipinski definition) is 4. The zero-order valence-electron chi connectivity index (χ0n) is 23.2. The second-order valence-electron chi connectivity index (χ2n) is 11.3. The first-order valence-electron chi connectivity index (χ1n) is 13.7. The highest BCUT2D eigenvalue weighted by Crippen LogP contribution is 2.55. The summed E-state index contributed by atoms with van der Waals surface area (Å²) in [7, 11) is -2.98. The number of aliphatic hydroxyl groups is 2. The molecule has 2 aromatic carbocycles. The van der Waals surface area contributed by atoms with Crippen molar-refractivity contribution in [2.24, 2.45) is 11.8 Å². The summed E-state index contributed by atoms with van der Waals surface area (Å²) < 4.78 is 72.4. The van der Waals surface area contributed by atoms with Gasteiger partial charge in [-0.15, -0.1) is 0 Å². The second kappa shape index (κ2) is 11.8. The highest BCUT2D eigenvalue weighted by molar-refractivity contribution is 7.92. The van der Waals surface area contributed by atoms with E-state index in [1.165, 1.54) is 12.1 Å². The van der Waals surface area contributed by atoms with E-state index in [1.54, 1.807) is 0 Å². The molecule has 4 aliphatic rings. The third-order valence-electron chi connectivity index (χ3n) is 8.85. The lowest BCUT2D eigenvalue weighted by atomic mass is 9.53. The normalized spacial score (nSPS) is 27.8. The van der Waals surface area contributed by atoms with Gasteiger partial charge in [0.25, 0.3) is 5.91 Å². The fraction of sp³-hybridized carbons (Fsp3) is 0.464. The van der Waals surface area contributed by atoms with Crippen molar-refractivity contribution in [2.75, 3.05) is 25.5 Å². The molecule has 0 radical (unpaired) electrons. The van der Waals surface area contributed by atoms with Gasteiger partial charge in [0, 0.05) is 36.5 Å². The minimum absolute atomic E-state index is 0.0342. The van der Waals surface area contributed by atoms with Crippen LogP contribution < -0.4 is 10.6 Å². The monoisotopic (exact) mass is 659 g/mol. The zero-order chi connectivity index (χ0) is 32.1. The Morgan fingerprint density at radius 1 is 1.09 bits per heavy atom. The molecule has 238 valence electrons. The smallest absolute Gasteiger partial charge is 0.410 e. The van der Waals surface area contributed by atoms with E-state index in [0.29, 0.717) is 18.6 Å². The van der Waals surface area contributed by atoms with E-state index < -0.39 is 80.0 Å². The number of halogens is 4. The van der Waals surface area contributed by atoms with Crippen molar-refractivity contribution in [1.82, 2.24) is 10.2 Å². The molecule has 0 aromatic heterocycles. The molecule has 3 aliphatic carbocycles. The minimum Gasteiger partial charge on any atom is -0.453 e. The number of carbonyl (C=O) groups excluding carboxylic acids is 3. The van der Waals surface area contributed by atoms with Crippen LogP contribution in [0.2, 0.25) is 5.02 Å². The minimum atomic E-state index is -4.14. The van der Waals surface area contributed by atoms with Crippen LogP contribution >= 0.6 is 11.6 Å². The summed E-state index contributed by atoms with van der Waals surface area (Å²) >= 11 is 6.22. The molecule has 11 nitrogen and oxygen atoms in total. The number of likely N-dealkylation sites (tertiary alicyclic amines) is 1. The lowest BCUT2D eigenvalue weighted by Crippen LogP contribution is -2.67. The Morgan fingerprint density at radius 3 is 2.34 bits per heavy atom. The number of sulfone groups is 1. The molecule has 1 saturated heterocycles. The van der Waals surface area contributed by atoms with E-state index in [4.69, 9.17) is 11.6 Å². The Labute approximate surface area is 255 Å². The van der Waals surface area contributed by atoms with Crippen LogP contribution in [0.3, 0.4) is 0 Å². The first-order chi connectivity index (χ1) is 20.7. The van der Waals surface area contributed by atoms with Gasteiger partial charge in [0.05, 0.1) is 34.0 Å². The van der Waals surface area contributed by atoms with Crippen LogP contribution in [0.25, 0.3) is 0 Å². The summed E-state index contributed by atoms with van der Waals surface area (Å²) in [5.74, 6) is -7.33. The average Bonchev–Trinajstić information content (AvgIpc) is 3.39. The molecular weight excluding hydrogens is 631 g/mol. The summed E-state index contributed by atoms with van der Waals surface area (Å²) in [5, 5.41) is 25.3. The third-order valence-corrected chi connectivity index (χ3v) is 11.5. The van der Waals surface area contributed by atoms with Crippen molar-refractivity contribution in [2.45, 2.75) is 53.6 Å². The van der Waals surface area contributed by atoms with Crippen LogP contribution in [-0.2, 0) is 19.4 Å². The molecule has 44 heavy (non-hydrogen) atoms. The number of aliphatic hydroxyl groups excluding tert-OH is 1. The lowest BCUT2D eigenvalue weighted by molar-refractivity contribution is -0.174. The van der Waals surface area contributed by atoms with E-state index in [9.17, 15) is 46.2 Å². The fourth-order valence-electron chi connectivity index (χ4n) is 6.42. The molecule has 2 bridgehead atoms. The summed E-state index contributed by atoms with van der Waals surface area (Å²) in [6.07, 6.45) is -1.12. The first kappa shape index (κ1) is 32.0. The molecule has 3 saturated carbocycles. The number of benzene rings is 2. The molecule has 0 spiro atoms. The molecule has 4 N–H and O–H groups in total. The maximum absolute atomic E-state index is 13.7. The van der Waals surface area contributed by atoms with Crippen molar-refractivity contribution < 1.29 is 50.9 Å².